The quantitative estimate of drug-likeness (QED) is 0.191. The average Bonchev–Trinajstić information content (AvgIpc) is 2.65. The second-order valence-corrected chi connectivity index (χ2v) is 8.82. The van der Waals surface area contributed by atoms with Crippen LogP contribution in [0.1, 0.15) is 142 Å². The summed E-state index contributed by atoms with van der Waals surface area (Å²) in [6.45, 7) is 7.36. The van der Waals surface area contributed by atoms with E-state index in [1.54, 1.807) is 4.90 Å². The fraction of sp³-hybridized carbons (Fsp3) is 1.00. The van der Waals surface area contributed by atoms with E-state index < -0.39 is 0 Å². The van der Waals surface area contributed by atoms with Crippen LogP contribution in [0.3, 0.4) is 0 Å². The Bertz CT molecular complexity index is 238. The van der Waals surface area contributed by atoms with Crippen LogP contribution in [-0.2, 0) is 0 Å². The number of hydrogen-bond donors (Lipinski definition) is 1. The van der Waals surface area contributed by atoms with Gasteiger partial charge in [0.15, 0.2) is 0 Å². The van der Waals surface area contributed by atoms with Gasteiger partial charge in [0.25, 0.3) is 0 Å². The van der Waals surface area contributed by atoms with Crippen molar-refractivity contribution in [2.75, 3.05) is 20.1 Å². The molecular weight excluding hydrogens is 314 g/mol. The first-order valence-electron chi connectivity index (χ1n) is 12.6. The normalized spacial score (nSPS) is 12.6. The van der Waals surface area contributed by atoms with Crippen LogP contribution < -0.4 is 4.90 Å². The van der Waals surface area contributed by atoms with Gasteiger partial charge in [-0.2, -0.15) is 0 Å². The molecule has 0 aromatic heterocycles. The van der Waals surface area contributed by atoms with Crippen LogP contribution >= 0.6 is 0 Å². The molecule has 0 radical (unpaired) electrons. The summed E-state index contributed by atoms with van der Waals surface area (Å²) < 4.78 is 0. The van der Waals surface area contributed by atoms with Gasteiger partial charge in [-0.1, -0.05) is 123 Å². The smallest absolute Gasteiger partial charge is 0.0768 e. The lowest BCUT2D eigenvalue weighted by atomic mass is 10.0. The molecule has 0 aliphatic rings. The van der Waals surface area contributed by atoms with Crippen LogP contribution in [0.15, 0.2) is 0 Å². The number of unbranched alkanes of at least 4 members (excludes halogenated alkanes) is 18. The Balaban J connectivity index is 3.03. The Morgan fingerprint density at radius 3 is 0.962 bits per heavy atom. The van der Waals surface area contributed by atoms with E-state index in [4.69, 9.17) is 0 Å². The molecular formula is C25H54N+. The van der Waals surface area contributed by atoms with Crippen molar-refractivity contribution >= 4 is 0 Å². The molecule has 0 fully saturated rings. The van der Waals surface area contributed by atoms with Gasteiger partial charge in [-0.3, -0.25) is 0 Å². The second kappa shape index (κ2) is 23.0. The van der Waals surface area contributed by atoms with E-state index in [-0.39, 0.29) is 0 Å². The maximum absolute atomic E-state index is 2.36. The predicted molar refractivity (Wildman–Crippen MR) is 120 cm³/mol. The van der Waals surface area contributed by atoms with Gasteiger partial charge in [-0.15, -0.1) is 0 Å². The van der Waals surface area contributed by atoms with Crippen molar-refractivity contribution in [3.8, 4) is 0 Å². The lowest BCUT2D eigenvalue weighted by Crippen LogP contribution is -3.09. The molecule has 1 atom stereocenters. The van der Waals surface area contributed by atoms with Crippen molar-refractivity contribution in [1.29, 1.82) is 0 Å². The maximum Gasteiger partial charge on any atom is 0.0768 e. The van der Waals surface area contributed by atoms with E-state index in [9.17, 15) is 0 Å². The summed E-state index contributed by atoms with van der Waals surface area (Å²) in [6.07, 6.45) is 29.2. The van der Waals surface area contributed by atoms with Crippen LogP contribution in [0.25, 0.3) is 0 Å². The first kappa shape index (κ1) is 26.0. The highest BCUT2D eigenvalue weighted by atomic mass is 15.1. The summed E-state index contributed by atoms with van der Waals surface area (Å²) in [5.74, 6) is 0. The lowest BCUT2D eigenvalue weighted by molar-refractivity contribution is -0.880. The highest BCUT2D eigenvalue weighted by Gasteiger charge is 2.00. The molecule has 1 nitrogen and oxygen atoms in total. The lowest BCUT2D eigenvalue weighted by Gasteiger charge is -2.13. The third kappa shape index (κ3) is 22.0. The number of rotatable bonds is 22. The Labute approximate surface area is 167 Å². The van der Waals surface area contributed by atoms with E-state index >= 15 is 0 Å². The Morgan fingerprint density at radius 1 is 0.346 bits per heavy atom. The average molecular weight is 369 g/mol. The minimum Gasteiger partial charge on any atom is -0.337 e. The molecule has 1 unspecified atom stereocenters. The number of hydrogen-bond acceptors (Lipinski definition) is 0. The molecule has 0 aliphatic carbocycles. The SMILES string of the molecule is CCCCCCCCCCCCCCCCCCCC[NH+](C)CCCC. The monoisotopic (exact) mass is 368 g/mol. The largest absolute Gasteiger partial charge is 0.337 e. The topological polar surface area (TPSA) is 4.44 Å². The van der Waals surface area contributed by atoms with E-state index in [0.29, 0.717) is 0 Å². The molecule has 1 N–H and O–H groups in total. The summed E-state index contributed by atoms with van der Waals surface area (Å²) >= 11 is 0. The molecule has 0 aliphatic heterocycles. The zero-order valence-electron chi connectivity index (χ0n) is 19.1. The minimum atomic E-state index is 1.34. The molecule has 0 saturated carbocycles. The highest BCUT2D eigenvalue weighted by Crippen LogP contribution is 2.14. The van der Waals surface area contributed by atoms with Crippen molar-refractivity contribution in [2.45, 2.75) is 142 Å². The maximum atomic E-state index is 2.36. The van der Waals surface area contributed by atoms with Gasteiger partial charge >= 0.3 is 0 Å². The van der Waals surface area contributed by atoms with Crippen molar-refractivity contribution < 1.29 is 4.90 Å². The molecule has 0 saturated heterocycles. The van der Waals surface area contributed by atoms with Crippen LogP contribution in [0.5, 0.6) is 0 Å². The zero-order valence-corrected chi connectivity index (χ0v) is 19.1. The molecule has 158 valence electrons. The van der Waals surface area contributed by atoms with Crippen LogP contribution in [0.4, 0.5) is 0 Å². The van der Waals surface area contributed by atoms with Crippen molar-refractivity contribution in [3.63, 3.8) is 0 Å². The van der Waals surface area contributed by atoms with Gasteiger partial charge in [-0.05, 0) is 19.3 Å². The van der Waals surface area contributed by atoms with Gasteiger partial charge < -0.3 is 4.90 Å². The third-order valence-electron chi connectivity index (χ3n) is 5.91. The molecule has 26 heavy (non-hydrogen) atoms. The van der Waals surface area contributed by atoms with Crippen LogP contribution in [0, 0.1) is 0 Å². The summed E-state index contributed by atoms with van der Waals surface area (Å²) in [6, 6.07) is 0. The van der Waals surface area contributed by atoms with Crippen molar-refractivity contribution in [1.82, 2.24) is 0 Å². The molecule has 0 rings (SSSR count). The fourth-order valence-corrected chi connectivity index (χ4v) is 3.93. The molecule has 0 amide bonds. The molecule has 0 heterocycles. The second-order valence-electron chi connectivity index (χ2n) is 8.82. The summed E-state index contributed by atoms with van der Waals surface area (Å²) in [5, 5.41) is 0. The standard InChI is InChI=1S/C25H53N/c1-4-6-8-9-10-11-12-13-14-15-16-17-18-19-20-21-22-23-25-26(3)24-7-5-2/h4-25H2,1-3H3/p+1. The van der Waals surface area contributed by atoms with Gasteiger partial charge in [-0.25, -0.2) is 0 Å². The molecule has 0 aromatic carbocycles. The number of quaternary nitrogens is 1. The van der Waals surface area contributed by atoms with E-state index in [0.717, 1.165) is 0 Å². The fourth-order valence-electron chi connectivity index (χ4n) is 3.93. The minimum absolute atomic E-state index is 1.34. The Kier molecular flexibility index (Phi) is 23.0. The molecule has 0 aromatic rings. The van der Waals surface area contributed by atoms with Crippen LogP contribution in [-0.4, -0.2) is 20.1 Å². The van der Waals surface area contributed by atoms with E-state index in [2.05, 4.69) is 20.9 Å². The van der Waals surface area contributed by atoms with Crippen molar-refractivity contribution in [2.24, 2.45) is 0 Å². The van der Waals surface area contributed by atoms with Gasteiger partial charge in [0.05, 0.1) is 20.1 Å². The highest BCUT2D eigenvalue weighted by molar-refractivity contribution is 4.50. The van der Waals surface area contributed by atoms with E-state index in [1.807, 2.05) is 0 Å². The first-order chi connectivity index (χ1) is 12.8. The van der Waals surface area contributed by atoms with E-state index in [1.165, 1.54) is 142 Å². The predicted octanol–water partition coefficient (Wildman–Crippen LogP) is 7.34. The van der Waals surface area contributed by atoms with Crippen LogP contribution in [0.2, 0.25) is 0 Å². The van der Waals surface area contributed by atoms with Gasteiger partial charge in [0, 0.05) is 0 Å². The summed E-state index contributed by atoms with van der Waals surface area (Å²) in [5.41, 5.74) is 0. The number of nitrogens with one attached hydrogen (secondary N) is 1. The molecule has 0 bridgehead atoms. The zero-order chi connectivity index (χ0) is 19.1. The first-order valence-corrected chi connectivity index (χ1v) is 12.6. The Morgan fingerprint density at radius 2 is 0.615 bits per heavy atom. The van der Waals surface area contributed by atoms with Gasteiger partial charge in [0.1, 0.15) is 0 Å². The summed E-state index contributed by atoms with van der Waals surface area (Å²) in [4.78, 5) is 1.74. The molecule has 0 spiro atoms. The summed E-state index contributed by atoms with van der Waals surface area (Å²) in [7, 11) is 2.36. The molecule has 1 heteroatoms. The van der Waals surface area contributed by atoms with Crippen molar-refractivity contribution in [3.05, 3.63) is 0 Å². The third-order valence-corrected chi connectivity index (χ3v) is 5.91. The van der Waals surface area contributed by atoms with Gasteiger partial charge in [0.2, 0.25) is 0 Å². The Hall–Kier alpha value is -0.0400.